The van der Waals surface area contributed by atoms with Gasteiger partial charge in [-0.1, -0.05) is 0 Å². The van der Waals surface area contributed by atoms with Crippen molar-refractivity contribution in [1.82, 2.24) is 0 Å². The average Bonchev–Trinajstić information content (AvgIpc) is 2.25. The minimum atomic E-state index is -5.65. The van der Waals surface area contributed by atoms with Gasteiger partial charge < -0.3 is 4.74 Å². The van der Waals surface area contributed by atoms with Crippen LogP contribution in [0.2, 0.25) is 0 Å². The lowest BCUT2D eigenvalue weighted by molar-refractivity contribution is -0.324. The van der Waals surface area contributed by atoms with E-state index in [1.807, 2.05) is 0 Å². The summed E-state index contributed by atoms with van der Waals surface area (Å²) in [6.45, 7) is -1.19. The molecule has 2 nitrogen and oxygen atoms in total. The minimum Gasteiger partial charge on any atom is -0.356 e. The highest BCUT2D eigenvalue weighted by Gasteiger charge is 2.57. The second-order valence-electron chi connectivity index (χ2n) is 3.69. The Hall–Kier alpha value is -1.82. The molecule has 1 rings (SSSR count). The van der Waals surface area contributed by atoms with Gasteiger partial charge in [0.2, 0.25) is 6.10 Å². The maximum atomic E-state index is 12.9. The van der Waals surface area contributed by atoms with Crippen molar-refractivity contribution in [2.45, 2.75) is 25.1 Å². The molecule has 0 N–H and O–H groups in total. The number of benzene rings is 1. The molecule has 9 heteroatoms. The Kier molecular flexibility index (Phi) is 4.60. The molecule has 0 radical (unpaired) electrons. The molecule has 0 heterocycles. The van der Waals surface area contributed by atoms with Crippen molar-refractivity contribution in [3.8, 4) is 6.07 Å². The molecule has 0 aliphatic carbocycles. The van der Waals surface area contributed by atoms with Crippen LogP contribution in [0.25, 0.3) is 0 Å². The summed E-state index contributed by atoms with van der Waals surface area (Å²) in [5.74, 6) is -0.904. The molecule has 20 heavy (non-hydrogen) atoms. The van der Waals surface area contributed by atoms with Crippen molar-refractivity contribution in [3.63, 3.8) is 0 Å². The van der Waals surface area contributed by atoms with Gasteiger partial charge in [-0.15, -0.1) is 0 Å². The maximum absolute atomic E-state index is 12.9. The van der Waals surface area contributed by atoms with E-state index in [4.69, 9.17) is 5.26 Å². The van der Waals surface area contributed by atoms with Gasteiger partial charge in [-0.3, -0.25) is 0 Å². The first-order valence-electron chi connectivity index (χ1n) is 4.99. The zero-order valence-electron chi connectivity index (χ0n) is 9.52. The topological polar surface area (TPSA) is 33.0 Å². The minimum absolute atomic E-state index is 0.269. The molecule has 0 amide bonds. The highest BCUT2D eigenvalue weighted by molar-refractivity contribution is 5.37. The third kappa shape index (κ3) is 4.09. The third-order valence-corrected chi connectivity index (χ3v) is 2.19. The first kappa shape index (κ1) is 16.2. The number of hydrogen-bond donors (Lipinski definition) is 0. The number of nitrogens with zero attached hydrogens (tertiary/aromatic N) is 1. The van der Waals surface area contributed by atoms with Gasteiger partial charge in [-0.05, 0) is 23.8 Å². The molecule has 0 fully saturated rings. The normalized spacial score (nSPS) is 12.6. The molecular formula is C11H6F7NO. The first-order chi connectivity index (χ1) is 9.05. The van der Waals surface area contributed by atoms with Crippen LogP contribution in [0.5, 0.6) is 0 Å². The van der Waals surface area contributed by atoms with E-state index in [1.165, 1.54) is 6.07 Å². The molecule has 0 saturated carbocycles. The standard InChI is InChI=1S/C11H6F7NO/c12-8-2-1-6(4-19)7(3-8)5-20-9(10(13,14)15)11(16,17)18/h1-3,9H,5H2. The summed E-state index contributed by atoms with van der Waals surface area (Å²) >= 11 is 0. The molecule has 0 aliphatic rings. The summed E-state index contributed by atoms with van der Waals surface area (Å²) in [5, 5.41) is 8.62. The van der Waals surface area contributed by atoms with Crippen LogP contribution in [0.3, 0.4) is 0 Å². The number of halogens is 7. The molecule has 0 aliphatic heterocycles. The fourth-order valence-corrected chi connectivity index (χ4v) is 1.34. The van der Waals surface area contributed by atoms with Gasteiger partial charge in [0.05, 0.1) is 18.2 Å². The van der Waals surface area contributed by atoms with Gasteiger partial charge in [0.15, 0.2) is 0 Å². The van der Waals surface area contributed by atoms with Crippen molar-refractivity contribution < 1.29 is 35.5 Å². The molecule has 1 aromatic rings. The average molecular weight is 301 g/mol. The molecule has 0 aromatic heterocycles. The fraction of sp³-hybridized carbons (Fsp3) is 0.364. The monoisotopic (exact) mass is 301 g/mol. The van der Waals surface area contributed by atoms with Crippen LogP contribution in [-0.2, 0) is 11.3 Å². The highest BCUT2D eigenvalue weighted by atomic mass is 19.4. The molecular weight excluding hydrogens is 295 g/mol. The Morgan fingerprint density at radius 3 is 2.10 bits per heavy atom. The number of nitriles is 1. The Balaban J connectivity index is 2.95. The van der Waals surface area contributed by atoms with Crippen LogP contribution in [0.4, 0.5) is 30.7 Å². The second-order valence-corrected chi connectivity index (χ2v) is 3.69. The van der Waals surface area contributed by atoms with E-state index < -0.39 is 36.4 Å². The lowest BCUT2D eigenvalue weighted by atomic mass is 10.1. The maximum Gasteiger partial charge on any atom is 0.423 e. The molecule has 0 saturated heterocycles. The van der Waals surface area contributed by atoms with E-state index in [0.29, 0.717) is 6.07 Å². The largest absolute Gasteiger partial charge is 0.423 e. The zero-order valence-corrected chi connectivity index (χ0v) is 9.52. The van der Waals surface area contributed by atoms with E-state index in [-0.39, 0.29) is 5.56 Å². The molecule has 1 aromatic carbocycles. The molecule has 0 spiro atoms. The van der Waals surface area contributed by atoms with Gasteiger partial charge in [0.25, 0.3) is 0 Å². The third-order valence-electron chi connectivity index (χ3n) is 2.19. The van der Waals surface area contributed by atoms with Crippen molar-refractivity contribution in [1.29, 1.82) is 5.26 Å². The van der Waals surface area contributed by atoms with Crippen LogP contribution >= 0.6 is 0 Å². The Morgan fingerprint density at radius 1 is 1.10 bits per heavy atom. The Labute approximate surface area is 108 Å². The van der Waals surface area contributed by atoms with Gasteiger partial charge in [0.1, 0.15) is 5.82 Å². The van der Waals surface area contributed by atoms with E-state index in [9.17, 15) is 30.7 Å². The first-order valence-corrected chi connectivity index (χ1v) is 4.99. The summed E-state index contributed by atoms with van der Waals surface area (Å²) in [7, 11) is 0. The van der Waals surface area contributed by atoms with Gasteiger partial charge in [-0.25, -0.2) is 4.39 Å². The van der Waals surface area contributed by atoms with Crippen molar-refractivity contribution in [2.75, 3.05) is 0 Å². The number of alkyl halides is 6. The van der Waals surface area contributed by atoms with Gasteiger partial charge >= 0.3 is 12.4 Å². The van der Waals surface area contributed by atoms with Gasteiger partial charge in [0, 0.05) is 0 Å². The SMILES string of the molecule is N#Cc1ccc(F)cc1COC(C(F)(F)F)C(F)(F)F. The highest BCUT2D eigenvalue weighted by Crippen LogP contribution is 2.36. The van der Waals surface area contributed by atoms with E-state index in [2.05, 4.69) is 4.74 Å². The quantitative estimate of drug-likeness (QED) is 0.797. The van der Waals surface area contributed by atoms with Crippen LogP contribution in [0.1, 0.15) is 11.1 Å². The van der Waals surface area contributed by atoms with Crippen molar-refractivity contribution in [3.05, 3.63) is 35.1 Å². The lowest BCUT2D eigenvalue weighted by Crippen LogP contribution is -2.44. The van der Waals surface area contributed by atoms with Crippen molar-refractivity contribution in [2.24, 2.45) is 0 Å². The zero-order chi connectivity index (χ0) is 15.6. The second kappa shape index (κ2) is 5.66. The van der Waals surface area contributed by atoms with Crippen LogP contribution in [0.15, 0.2) is 18.2 Å². The van der Waals surface area contributed by atoms with E-state index in [1.54, 1.807) is 0 Å². The lowest BCUT2D eigenvalue weighted by Gasteiger charge is -2.23. The fourth-order valence-electron chi connectivity index (χ4n) is 1.34. The molecule has 0 bridgehead atoms. The number of hydrogen-bond acceptors (Lipinski definition) is 2. The Bertz CT molecular complexity index is 501. The predicted octanol–water partition coefficient (Wildman–Crippen LogP) is 3.71. The summed E-state index contributed by atoms with van der Waals surface area (Å²) in [6, 6.07) is 3.95. The predicted molar refractivity (Wildman–Crippen MR) is 51.8 cm³/mol. The number of rotatable bonds is 3. The molecule has 0 unspecified atom stereocenters. The summed E-state index contributed by atoms with van der Waals surface area (Å²) < 4.78 is 89.8. The summed E-state index contributed by atoms with van der Waals surface area (Å²) in [6.07, 6.45) is -15.3. The molecule has 0 atom stereocenters. The van der Waals surface area contributed by atoms with E-state index in [0.717, 1.165) is 12.1 Å². The van der Waals surface area contributed by atoms with Crippen molar-refractivity contribution >= 4 is 0 Å². The van der Waals surface area contributed by atoms with E-state index >= 15 is 0 Å². The summed E-state index contributed by atoms with van der Waals surface area (Å²) in [4.78, 5) is 0. The Morgan fingerprint density at radius 2 is 1.65 bits per heavy atom. The van der Waals surface area contributed by atoms with Crippen LogP contribution in [-0.4, -0.2) is 18.5 Å². The number of ether oxygens (including phenoxy) is 1. The van der Waals surface area contributed by atoms with Gasteiger partial charge in [-0.2, -0.15) is 31.6 Å². The van der Waals surface area contributed by atoms with Crippen LogP contribution < -0.4 is 0 Å². The smallest absolute Gasteiger partial charge is 0.356 e. The molecule has 110 valence electrons. The van der Waals surface area contributed by atoms with Crippen LogP contribution in [0, 0.1) is 17.1 Å². The summed E-state index contributed by atoms with van der Waals surface area (Å²) in [5.41, 5.74) is -0.666.